The highest BCUT2D eigenvalue weighted by molar-refractivity contribution is 7.16. The van der Waals surface area contributed by atoms with Gasteiger partial charge in [-0.2, -0.15) is 5.26 Å². The van der Waals surface area contributed by atoms with Crippen LogP contribution in [-0.2, 0) is 12.8 Å². The zero-order valence-corrected chi connectivity index (χ0v) is 14.2. The Balaban J connectivity index is 1.71. The molecule has 0 aromatic carbocycles. The number of fused-ring (bicyclic) bond motifs is 2. The van der Waals surface area contributed by atoms with Gasteiger partial charge < -0.3 is 4.98 Å². The van der Waals surface area contributed by atoms with Crippen LogP contribution < -0.4 is 0 Å². The Morgan fingerprint density at radius 3 is 3.00 bits per heavy atom. The van der Waals surface area contributed by atoms with Crippen LogP contribution in [0.5, 0.6) is 0 Å². The van der Waals surface area contributed by atoms with Crippen LogP contribution in [0.4, 0.5) is 5.00 Å². The van der Waals surface area contributed by atoms with E-state index in [1.54, 1.807) is 17.5 Å². The summed E-state index contributed by atoms with van der Waals surface area (Å²) in [6.07, 6.45) is 12.6. The molecule has 0 amide bonds. The normalized spacial score (nSPS) is 15.1. The van der Waals surface area contributed by atoms with Gasteiger partial charge in [-0.3, -0.25) is 0 Å². The number of H-pyrrole nitrogens is 1. The van der Waals surface area contributed by atoms with Crippen LogP contribution in [0.25, 0.3) is 11.0 Å². The van der Waals surface area contributed by atoms with Gasteiger partial charge >= 0.3 is 0 Å². The molecule has 0 aliphatic heterocycles. The number of hydrogen-bond donors (Lipinski definition) is 1. The molecule has 1 aliphatic rings. The number of aromatic nitrogens is 2. The zero-order chi connectivity index (χ0) is 16.4. The fourth-order valence-corrected chi connectivity index (χ4v) is 4.51. The summed E-state index contributed by atoms with van der Waals surface area (Å²) < 4.78 is 0. The van der Waals surface area contributed by atoms with Crippen molar-refractivity contribution in [2.75, 3.05) is 0 Å². The molecule has 0 radical (unpaired) electrons. The molecule has 0 saturated carbocycles. The standard InChI is InChI=1S/C19H18N4S/c20-10-16-15-6-3-1-2-4-8-17(15)24-19(16)23-12-13-11-22-18-14(13)7-5-9-21-18/h5,7,9,11-12H,1-4,6,8H2,(H,21,22)/b23-12+. The van der Waals surface area contributed by atoms with E-state index in [-0.39, 0.29) is 0 Å². The van der Waals surface area contributed by atoms with Gasteiger partial charge in [0.1, 0.15) is 16.7 Å². The molecular weight excluding hydrogens is 316 g/mol. The first-order valence-corrected chi connectivity index (χ1v) is 9.19. The van der Waals surface area contributed by atoms with Crippen LogP contribution in [0, 0.1) is 11.3 Å². The van der Waals surface area contributed by atoms with E-state index in [1.807, 2.05) is 24.5 Å². The molecule has 0 spiro atoms. The quantitative estimate of drug-likeness (QED) is 0.677. The third-order valence-electron chi connectivity index (χ3n) is 4.57. The van der Waals surface area contributed by atoms with Crippen molar-refractivity contribution in [2.45, 2.75) is 38.5 Å². The second-order valence-electron chi connectivity index (χ2n) is 6.11. The molecule has 1 aliphatic carbocycles. The maximum absolute atomic E-state index is 9.62. The largest absolute Gasteiger partial charge is 0.345 e. The van der Waals surface area contributed by atoms with Gasteiger partial charge in [0.05, 0.1) is 5.56 Å². The van der Waals surface area contributed by atoms with Gasteiger partial charge in [0, 0.05) is 34.4 Å². The minimum Gasteiger partial charge on any atom is -0.345 e. The van der Waals surface area contributed by atoms with Crippen molar-refractivity contribution in [3.8, 4) is 6.07 Å². The molecule has 3 aromatic rings. The Bertz CT molecular complexity index is 942. The molecule has 24 heavy (non-hydrogen) atoms. The average molecular weight is 334 g/mol. The van der Waals surface area contributed by atoms with E-state index < -0.39 is 0 Å². The smallest absolute Gasteiger partial charge is 0.137 e. The van der Waals surface area contributed by atoms with Gasteiger partial charge in [-0.15, -0.1) is 11.3 Å². The summed E-state index contributed by atoms with van der Waals surface area (Å²) in [5, 5.41) is 11.5. The highest BCUT2D eigenvalue weighted by atomic mass is 32.1. The van der Waals surface area contributed by atoms with Crippen LogP contribution >= 0.6 is 11.3 Å². The van der Waals surface area contributed by atoms with Gasteiger partial charge in [-0.25, -0.2) is 9.98 Å². The maximum Gasteiger partial charge on any atom is 0.137 e. The van der Waals surface area contributed by atoms with E-state index in [2.05, 4.69) is 21.0 Å². The minimum atomic E-state index is 0.783. The lowest BCUT2D eigenvalue weighted by Gasteiger charge is -2.08. The van der Waals surface area contributed by atoms with Crippen molar-refractivity contribution in [3.05, 3.63) is 46.1 Å². The van der Waals surface area contributed by atoms with Gasteiger partial charge in [0.2, 0.25) is 0 Å². The van der Waals surface area contributed by atoms with Crippen molar-refractivity contribution < 1.29 is 0 Å². The molecule has 0 atom stereocenters. The van der Waals surface area contributed by atoms with E-state index in [1.165, 1.54) is 36.1 Å². The summed E-state index contributed by atoms with van der Waals surface area (Å²) in [5.41, 5.74) is 3.89. The zero-order valence-electron chi connectivity index (χ0n) is 13.4. The predicted molar refractivity (Wildman–Crippen MR) is 98.3 cm³/mol. The van der Waals surface area contributed by atoms with Crippen LogP contribution in [-0.4, -0.2) is 16.2 Å². The van der Waals surface area contributed by atoms with Gasteiger partial charge in [-0.1, -0.05) is 12.8 Å². The number of rotatable bonds is 2. The summed E-state index contributed by atoms with van der Waals surface area (Å²) >= 11 is 1.69. The molecule has 3 aromatic heterocycles. The molecule has 0 bridgehead atoms. The van der Waals surface area contributed by atoms with E-state index in [9.17, 15) is 5.26 Å². The third-order valence-corrected chi connectivity index (χ3v) is 5.77. The van der Waals surface area contributed by atoms with Gasteiger partial charge in [0.15, 0.2) is 0 Å². The van der Waals surface area contributed by atoms with Crippen molar-refractivity contribution in [1.82, 2.24) is 9.97 Å². The number of aryl methyl sites for hydroxylation is 1. The topological polar surface area (TPSA) is 64.8 Å². The van der Waals surface area contributed by atoms with Crippen LogP contribution in [0.2, 0.25) is 0 Å². The summed E-state index contributed by atoms with van der Waals surface area (Å²) in [4.78, 5) is 13.5. The van der Waals surface area contributed by atoms with E-state index in [0.29, 0.717) is 0 Å². The van der Waals surface area contributed by atoms with Crippen LogP contribution in [0.3, 0.4) is 0 Å². The first-order chi connectivity index (χ1) is 11.9. The number of aromatic amines is 1. The molecule has 3 heterocycles. The predicted octanol–water partition coefficient (Wildman–Crippen LogP) is 4.91. The van der Waals surface area contributed by atoms with Gasteiger partial charge in [-0.05, 0) is 43.4 Å². The fourth-order valence-electron chi connectivity index (χ4n) is 3.32. The molecule has 0 fully saturated rings. The Morgan fingerprint density at radius 1 is 1.25 bits per heavy atom. The van der Waals surface area contributed by atoms with Crippen molar-refractivity contribution in [3.63, 3.8) is 0 Å². The molecule has 0 unspecified atom stereocenters. The Hall–Kier alpha value is -2.45. The number of nitriles is 1. The lowest BCUT2D eigenvalue weighted by atomic mass is 9.97. The summed E-state index contributed by atoms with van der Waals surface area (Å²) in [6, 6.07) is 6.34. The highest BCUT2D eigenvalue weighted by Gasteiger charge is 2.18. The fraction of sp³-hybridized carbons (Fsp3) is 0.316. The Morgan fingerprint density at radius 2 is 2.12 bits per heavy atom. The van der Waals surface area contributed by atoms with Crippen LogP contribution in [0.1, 0.15) is 47.3 Å². The summed E-state index contributed by atoms with van der Waals surface area (Å²) in [5.74, 6) is 0. The number of nitrogens with zero attached hydrogens (tertiary/aromatic N) is 3. The minimum absolute atomic E-state index is 0.783. The number of nitrogens with one attached hydrogen (secondary N) is 1. The Kier molecular flexibility index (Phi) is 4.14. The number of aliphatic imine (C=N–C) groups is 1. The number of pyridine rings is 1. The molecule has 1 N–H and O–H groups in total. The lowest BCUT2D eigenvalue weighted by Crippen LogP contribution is -1.97. The average Bonchev–Trinajstić information content (AvgIpc) is 3.14. The molecule has 4 nitrogen and oxygen atoms in total. The SMILES string of the molecule is N#Cc1c(/N=C/c2c[nH]c3ncccc23)sc2c1CCCCCC2. The van der Waals surface area contributed by atoms with Gasteiger partial charge in [0.25, 0.3) is 0 Å². The monoisotopic (exact) mass is 334 g/mol. The lowest BCUT2D eigenvalue weighted by molar-refractivity contribution is 0.622. The van der Waals surface area contributed by atoms with E-state index >= 15 is 0 Å². The highest BCUT2D eigenvalue weighted by Crippen LogP contribution is 2.38. The molecule has 4 rings (SSSR count). The van der Waals surface area contributed by atoms with Crippen LogP contribution in [0.15, 0.2) is 29.5 Å². The van der Waals surface area contributed by atoms with E-state index in [0.717, 1.165) is 40.0 Å². The number of thiophene rings is 1. The van der Waals surface area contributed by atoms with Crippen molar-refractivity contribution in [2.24, 2.45) is 4.99 Å². The molecule has 5 heteroatoms. The second kappa shape index (κ2) is 6.58. The van der Waals surface area contributed by atoms with Crippen molar-refractivity contribution in [1.29, 1.82) is 5.26 Å². The first-order valence-electron chi connectivity index (χ1n) is 8.37. The third kappa shape index (κ3) is 2.74. The van der Waals surface area contributed by atoms with E-state index in [4.69, 9.17) is 0 Å². The maximum atomic E-state index is 9.62. The summed E-state index contributed by atoms with van der Waals surface area (Å²) in [7, 11) is 0. The van der Waals surface area contributed by atoms with Crippen molar-refractivity contribution >= 4 is 33.6 Å². The molecule has 0 saturated heterocycles. The Labute approximate surface area is 144 Å². The first kappa shape index (κ1) is 15.1. The second-order valence-corrected chi connectivity index (χ2v) is 7.20. The number of hydrogen-bond acceptors (Lipinski definition) is 4. The molecule has 120 valence electrons. The molecular formula is C19H18N4S. The summed E-state index contributed by atoms with van der Waals surface area (Å²) in [6.45, 7) is 0.